The van der Waals surface area contributed by atoms with Crippen LogP contribution in [0.4, 0.5) is 13.2 Å². The van der Waals surface area contributed by atoms with Crippen LogP contribution in [-0.2, 0) is 12.7 Å². The monoisotopic (exact) mass is 289 g/mol. The van der Waals surface area contributed by atoms with Crippen LogP contribution >= 0.6 is 0 Å². The molecule has 5 nitrogen and oxygen atoms in total. The zero-order valence-electron chi connectivity index (χ0n) is 11.0. The lowest BCUT2D eigenvalue weighted by Gasteiger charge is -2.11. The van der Waals surface area contributed by atoms with E-state index in [-0.39, 0.29) is 18.6 Å². The number of nitrogens with zero attached hydrogens (tertiary/aromatic N) is 2. The molecule has 0 saturated heterocycles. The van der Waals surface area contributed by atoms with Gasteiger partial charge in [-0.05, 0) is 0 Å². The van der Waals surface area contributed by atoms with Gasteiger partial charge >= 0.3 is 6.18 Å². The van der Waals surface area contributed by atoms with E-state index in [1.807, 2.05) is 0 Å². The molecule has 0 amide bonds. The van der Waals surface area contributed by atoms with Crippen molar-refractivity contribution in [2.75, 3.05) is 20.8 Å². The average Bonchev–Trinajstić information content (AvgIpc) is 2.75. The molecule has 110 valence electrons. The Kier molecular flexibility index (Phi) is 3.76. The highest BCUT2D eigenvalue weighted by molar-refractivity contribution is 5.80. The van der Waals surface area contributed by atoms with Gasteiger partial charge in [0.05, 0.1) is 25.3 Å². The van der Waals surface area contributed by atoms with Crippen molar-refractivity contribution in [2.24, 2.45) is 5.73 Å². The normalized spacial score (nSPS) is 11.9. The second kappa shape index (κ2) is 5.20. The minimum atomic E-state index is -4.55. The molecule has 2 aromatic rings. The second-order valence-corrected chi connectivity index (χ2v) is 4.07. The summed E-state index contributed by atoms with van der Waals surface area (Å²) < 4.78 is 50.2. The SMILES string of the molecule is COc1cc2nc(C(F)(F)F)n(CCN)c2cc1OC. The molecule has 1 aromatic heterocycles. The summed E-state index contributed by atoms with van der Waals surface area (Å²) in [5, 5.41) is 0. The molecule has 0 saturated carbocycles. The Balaban J connectivity index is 2.74. The van der Waals surface area contributed by atoms with E-state index in [0.717, 1.165) is 4.57 Å². The third kappa shape index (κ3) is 2.38. The molecule has 1 aromatic carbocycles. The molecule has 0 aliphatic rings. The third-order valence-electron chi connectivity index (χ3n) is 2.86. The molecule has 0 bridgehead atoms. The quantitative estimate of drug-likeness (QED) is 0.935. The van der Waals surface area contributed by atoms with Gasteiger partial charge in [-0.2, -0.15) is 13.2 Å². The minimum absolute atomic E-state index is 0.0147. The van der Waals surface area contributed by atoms with Gasteiger partial charge in [0.1, 0.15) is 0 Å². The van der Waals surface area contributed by atoms with E-state index >= 15 is 0 Å². The van der Waals surface area contributed by atoms with E-state index in [1.54, 1.807) is 0 Å². The van der Waals surface area contributed by atoms with Gasteiger partial charge in [0.2, 0.25) is 5.82 Å². The van der Waals surface area contributed by atoms with Crippen molar-refractivity contribution in [1.82, 2.24) is 9.55 Å². The van der Waals surface area contributed by atoms with E-state index in [4.69, 9.17) is 15.2 Å². The van der Waals surface area contributed by atoms with Crippen LogP contribution in [0.1, 0.15) is 5.82 Å². The Morgan fingerprint density at radius 2 is 1.80 bits per heavy atom. The standard InChI is InChI=1S/C12H14F3N3O2/c1-19-9-5-7-8(6-10(9)20-2)18(4-3-16)11(17-7)12(13,14)15/h5-6H,3-4,16H2,1-2H3. The Morgan fingerprint density at radius 3 is 2.30 bits per heavy atom. The van der Waals surface area contributed by atoms with Crippen molar-refractivity contribution in [1.29, 1.82) is 0 Å². The number of ether oxygens (including phenoxy) is 2. The number of fused-ring (bicyclic) bond motifs is 1. The molecule has 1 heterocycles. The van der Waals surface area contributed by atoms with Crippen molar-refractivity contribution in [2.45, 2.75) is 12.7 Å². The number of hydrogen-bond acceptors (Lipinski definition) is 4. The topological polar surface area (TPSA) is 62.3 Å². The number of methoxy groups -OCH3 is 2. The molecule has 0 atom stereocenters. The van der Waals surface area contributed by atoms with Crippen molar-refractivity contribution in [3.05, 3.63) is 18.0 Å². The lowest BCUT2D eigenvalue weighted by Crippen LogP contribution is -2.18. The molecular formula is C12H14F3N3O2. The molecule has 2 rings (SSSR count). The lowest BCUT2D eigenvalue weighted by molar-refractivity contribution is -0.146. The fraction of sp³-hybridized carbons (Fsp3) is 0.417. The summed E-state index contributed by atoms with van der Waals surface area (Å²) in [5.41, 5.74) is 5.87. The van der Waals surface area contributed by atoms with Crippen LogP contribution < -0.4 is 15.2 Å². The van der Waals surface area contributed by atoms with E-state index in [9.17, 15) is 13.2 Å². The summed E-state index contributed by atoms with van der Waals surface area (Å²) in [7, 11) is 2.82. The van der Waals surface area contributed by atoms with Gasteiger partial charge in [-0.25, -0.2) is 4.98 Å². The van der Waals surface area contributed by atoms with Crippen LogP contribution in [0.3, 0.4) is 0 Å². The van der Waals surface area contributed by atoms with Crippen LogP contribution in [0.25, 0.3) is 11.0 Å². The van der Waals surface area contributed by atoms with Gasteiger partial charge in [0, 0.05) is 25.2 Å². The summed E-state index contributed by atoms with van der Waals surface area (Å²) in [5.74, 6) is -0.314. The Labute approximate surface area is 113 Å². The lowest BCUT2D eigenvalue weighted by atomic mass is 10.2. The Morgan fingerprint density at radius 1 is 1.20 bits per heavy atom. The predicted molar refractivity (Wildman–Crippen MR) is 66.9 cm³/mol. The molecule has 0 unspecified atom stereocenters. The summed E-state index contributed by atoms with van der Waals surface area (Å²) in [4.78, 5) is 3.63. The zero-order valence-corrected chi connectivity index (χ0v) is 11.0. The van der Waals surface area contributed by atoms with Gasteiger partial charge in [0.15, 0.2) is 11.5 Å². The van der Waals surface area contributed by atoms with Gasteiger partial charge in [0.25, 0.3) is 0 Å². The van der Waals surface area contributed by atoms with E-state index in [0.29, 0.717) is 17.0 Å². The molecule has 8 heteroatoms. The molecule has 0 radical (unpaired) electrons. The van der Waals surface area contributed by atoms with Crippen molar-refractivity contribution in [3.63, 3.8) is 0 Å². The first-order valence-electron chi connectivity index (χ1n) is 5.82. The summed E-state index contributed by atoms with van der Waals surface area (Å²) >= 11 is 0. The first-order chi connectivity index (χ1) is 9.42. The van der Waals surface area contributed by atoms with Gasteiger partial charge in [-0.3, -0.25) is 0 Å². The Hall–Kier alpha value is -1.96. The predicted octanol–water partition coefficient (Wildman–Crippen LogP) is 2.03. The number of hydrogen-bond donors (Lipinski definition) is 1. The van der Waals surface area contributed by atoms with E-state index in [2.05, 4.69) is 4.98 Å². The van der Waals surface area contributed by atoms with E-state index in [1.165, 1.54) is 26.4 Å². The highest BCUT2D eigenvalue weighted by atomic mass is 19.4. The van der Waals surface area contributed by atoms with Crippen molar-refractivity contribution < 1.29 is 22.6 Å². The number of alkyl halides is 3. The summed E-state index contributed by atoms with van der Waals surface area (Å²) in [6, 6.07) is 2.88. The minimum Gasteiger partial charge on any atom is -0.493 e. The van der Waals surface area contributed by atoms with Gasteiger partial charge in [-0.1, -0.05) is 0 Å². The summed E-state index contributed by atoms with van der Waals surface area (Å²) in [6.07, 6.45) is -4.55. The first-order valence-corrected chi connectivity index (χ1v) is 5.82. The molecule has 0 fully saturated rings. The van der Waals surface area contributed by atoms with E-state index < -0.39 is 12.0 Å². The number of rotatable bonds is 4. The fourth-order valence-corrected chi connectivity index (χ4v) is 2.02. The number of imidazole rings is 1. The molecule has 2 N–H and O–H groups in total. The van der Waals surface area contributed by atoms with Gasteiger partial charge in [-0.15, -0.1) is 0 Å². The number of halogens is 3. The van der Waals surface area contributed by atoms with Crippen LogP contribution in [0, 0.1) is 0 Å². The highest BCUT2D eigenvalue weighted by Gasteiger charge is 2.37. The van der Waals surface area contributed by atoms with Crippen LogP contribution in [0.2, 0.25) is 0 Å². The third-order valence-corrected chi connectivity index (χ3v) is 2.86. The zero-order chi connectivity index (χ0) is 14.9. The molecule has 0 spiro atoms. The summed E-state index contributed by atoms with van der Waals surface area (Å²) in [6.45, 7) is 0.0870. The molecule has 0 aliphatic carbocycles. The average molecular weight is 289 g/mol. The van der Waals surface area contributed by atoms with Gasteiger partial charge < -0.3 is 19.8 Å². The molecular weight excluding hydrogens is 275 g/mol. The number of benzene rings is 1. The first kappa shape index (κ1) is 14.4. The highest BCUT2D eigenvalue weighted by Crippen LogP contribution is 2.36. The largest absolute Gasteiger partial charge is 0.493 e. The maximum atomic E-state index is 13.0. The smallest absolute Gasteiger partial charge is 0.449 e. The number of nitrogens with two attached hydrogens (primary N) is 1. The molecule has 0 aliphatic heterocycles. The number of aromatic nitrogens is 2. The Bertz CT molecular complexity index is 622. The molecule has 20 heavy (non-hydrogen) atoms. The maximum absolute atomic E-state index is 13.0. The van der Waals surface area contributed by atoms with Crippen LogP contribution in [0.15, 0.2) is 12.1 Å². The fourth-order valence-electron chi connectivity index (χ4n) is 2.02. The second-order valence-electron chi connectivity index (χ2n) is 4.07. The van der Waals surface area contributed by atoms with Crippen LogP contribution in [0.5, 0.6) is 11.5 Å². The van der Waals surface area contributed by atoms with Crippen LogP contribution in [-0.4, -0.2) is 30.3 Å². The van der Waals surface area contributed by atoms with Crippen molar-refractivity contribution >= 4 is 11.0 Å². The maximum Gasteiger partial charge on any atom is 0.449 e. The van der Waals surface area contributed by atoms with Crippen molar-refractivity contribution in [3.8, 4) is 11.5 Å².